The first kappa shape index (κ1) is 48.1. The summed E-state index contributed by atoms with van der Waals surface area (Å²) >= 11 is 0. The number of hydrogen-bond donors (Lipinski definition) is 4. The highest BCUT2D eigenvalue weighted by atomic mass is 16.3. The summed E-state index contributed by atoms with van der Waals surface area (Å²) in [5.41, 5.74) is 0. The summed E-state index contributed by atoms with van der Waals surface area (Å²) in [6.45, 7) is 4.19. The minimum Gasteiger partial charge on any atom is -0.394 e. The molecule has 3 unspecified atom stereocenters. The van der Waals surface area contributed by atoms with E-state index in [1.165, 1.54) is 186 Å². The monoisotopic (exact) mass is 694 g/mol. The van der Waals surface area contributed by atoms with Crippen LogP contribution in [0, 0.1) is 0 Å². The second-order valence-corrected chi connectivity index (χ2v) is 15.3. The molecule has 0 saturated heterocycles. The highest BCUT2D eigenvalue weighted by molar-refractivity contribution is 5.80. The number of allylic oxidation sites excluding steroid dienone is 1. The molecule has 0 bridgehead atoms. The van der Waals surface area contributed by atoms with Gasteiger partial charge < -0.3 is 20.6 Å². The first-order valence-electron chi connectivity index (χ1n) is 22.0. The molecule has 1 amide bonds. The number of nitrogens with one attached hydrogen (secondary N) is 1. The Morgan fingerprint density at radius 1 is 0.490 bits per heavy atom. The van der Waals surface area contributed by atoms with E-state index in [-0.39, 0.29) is 6.61 Å². The molecule has 0 radical (unpaired) electrons. The van der Waals surface area contributed by atoms with Crippen LogP contribution in [-0.2, 0) is 4.79 Å². The van der Waals surface area contributed by atoms with Gasteiger partial charge >= 0.3 is 0 Å². The predicted molar refractivity (Wildman–Crippen MR) is 213 cm³/mol. The van der Waals surface area contributed by atoms with Gasteiger partial charge in [-0.05, 0) is 19.3 Å². The van der Waals surface area contributed by atoms with Gasteiger partial charge in [-0.25, -0.2) is 0 Å². The topological polar surface area (TPSA) is 89.8 Å². The molecule has 0 aliphatic heterocycles. The molecular weight excluding hydrogens is 606 g/mol. The molecule has 0 aromatic heterocycles. The number of amides is 1. The van der Waals surface area contributed by atoms with Gasteiger partial charge in [0.05, 0.1) is 18.8 Å². The zero-order valence-corrected chi connectivity index (χ0v) is 33.1. The first-order chi connectivity index (χ1) is 24.1. The Balaban J connectivity index is 3.63. The number of unbranched alkanes of at least 4 members (excludes halogenated alkanes) is 32. The van der Waals surface area contributed by atoms with Crippen LogP contribution in [0.5, 0.6) is 0 Å². The van der Waals surface area contributed by atoms with Crippen LogP contribution in [0.25, 0.3) is 0 Å². The molecule has 5 nitrogen and oxygen atoms in total. The molecule has 0 aliphatic carbocycles. The average Bonchev–Trinajstić information content (AvgIpc) is 3.11. The van der Waals surface area contributed by atoms with E-state index in [9.17, 15) is 20.1 Å². The minimum atomic E-state index is -1.09. The second kappa shape index (κ2) is 39.9. The van der Waals surface area contributed by atoms with Crippen molar-refractivity contribution in [2.45, 2.75) is 257 Å². The quantitative estimate of drug-likeness (QED) is 0.0380. The zero-order valence-electron chi connectivity index (χ0n) is 33.1. The molecule has 49 heavy (non-hydrogen) atoms. The Bertz CT molecular complexity index is 684. The molecule has 0 aromatic rings. The van der Waals surface area contributed by atoms with E-state index >= 15 is 0 Å². The van der Waals surface area contributed by atoms with Crippen LogP contribution >= 0.6 is 0 Å². The molecule has 0 heterocycles. The van der Waals surface area contributed by atoms with Crippen molar-refractivity contribution in [2.24, 2.45) is 0 Å². The fourth-order valence-corrected chi connectivity index (χ4v) is 6.89. The lowest BCUT2D eigenvalue weighted by molar-refractivity contribution is -0.131. The first-order valence-corrected chi connectivity index (χ1v) is 22.0. The van der Waals surface area contributed by atoms with Crippen molar-refractivity contribution in [1.29, 1.82) is 0 Å². The Morgan fingerprint density at radius 3 is 1.12 bits per heavy atom. The highest BCUT2D eigenvalue weighted by Gasteiger charge is 2.22. The van der Waals surface area contributed by atoms with E-state index in [0.29, 0.717) is 6.42 Å². The third-order valence-corrected chi connectivity index (χ3v) is 10.4. The molecule has 5 heteroatoms. The molecule has 0 fully saturated rings. The van der Waals surface area contributed by atoms with Gasteiger partial charge in [-0.2, -0.15) is 0 Å². The standard InChI is InChI=1S/C44H87NO4/c1-3-5-7-9-11-13-15-17-19-20-21-22-23-24-25-27-28-30-32-34-36-38-42(47)41(40-46)45-44(49)43(48)39-37-35-33-31-29-26-18-16-14-12-10-8-6-4-2/h36,38,41-43,46-48H,3-35,37,39-40H2,1-2H3,(H,45,49)/b38-36+. The van der Waals surface area contributed by atoms with Crippen LogP contribution in [0.15, 0.2) is 12.2 Å². The summed E-state index contributed by atoms with van der Waals surface area (Å²) in [6, 6.07) is -0.792. The molecule has 0 rings (SSSR count). The number of rotatable bonds is 40. The summed E-state index contributed by atoms with van der Waals surface area (Å²) in [5, 5.41) is 33.1. The van der Waals surface area contributed by atoms with Gasteiger partial charge in [-0.15, -0.1) is 0 Å². The van der Waals surface area contributed by atoms with E-state index in [1.807, 2.05) is 6.08 Å². The van der Waals surface area contributed by atoms with Crippen molar-refractivity contribution in [3.63, 3.8) is 0 Å². The number of aliphatic hydroxyl groups excluding tert-OH is 3. The van der Waals surface area contributed by atoms with Gasteiger partial charge in [0.2, 0.25) is 5.91 Å². The summed E-state index contributed by atoms with van der Waals surface area (Å²) in [7, 11) is 0. The van der Waals surface area contributed by atoms with Crippen LogP contribution in [0.2, 0.25) is 0 Å². The smallest absolute Gasteiger partial charge is 0.249 e. The van der Waals surface area contributed by atoms with Crippen molar-refractivity contribution in [1.82, 2.24) is 5.32 Å². The van der Waals surface area contributed by atoms with E-state index in [2.05, 4.69) is 19.2 Å². The van der Waals surface area contributed by atoms with Gasteiger partial charge in [0.25, 0.3) is 0 Å². The molecule has 292 valence electrons. The van der Waals surface area contributed by atoms with E-state index in [1.54, 1.807) is 6.08 Å². The number of hydrogen-bond acceptors (Lipinski definition) is 4. The van der Waals surface area contributed by atoms with Gasteiger partial charge in [0.15, 0.2) is 0 Å². The lowest BCUT2D eigenvalue weighted by Crippen LogP contribution is -2.48. The molecule has 0 aromatic carbocycles. The number of carbonyl (C=O) groups excluding carboxylic acids is 1. The third kappa shape index (κ3) is 35.3. The normalized spacial score (nSPS) is 13.7. The van der Waals surface area contributed by atoms with Crippen LogP contribution in [0.1, 0.15) is 239 Å². The predicted octanol–water partition coefficient (Wildman–Crippen LogP) is 12.4. The average molecular weight is 694 g/mol. The van der Waals surface area contributed by atoms with Crippen molar-refractivity contribution in [3.8, 4) is 0 Å². The van der Waals surface area contributed by atoms with E-state index in [0.717, 1.165) is 32.1 Å². The largest absolute Gasteiger partial charge is 0.394 e. The van der Waals surface area contributed by atoms with E-state index < -0.39 is 24.2 Å². The number of aliphatic hydroxyl groups is 3. The Kier molecular flexibility index (Phi) is 39.1. The molecule has 4 N–H and O–H groups in total. The summed E-state index contributed by atoms with van der Waals surface area (Å²) in [6.07, 6.45) is 46.7. The Morgan fingerprint density at radius 2 is 0.796 bits per heavy atom. The SMILES string of the molecule is CCCCCCCCCCCCCCCCCCCCC/C=C/C(O)C(CO)NC(=O)C(O)CCCCCCCCCCCCCCCC. The molecular formula is C44H87NO4. The van der Waals surface area contributed by atoms with Crippen molar-refractivity contribution < 1.29 is 20.1 Å². The van der Waals surface area contributed by atoms with Gasteiger partial charge in [0, 0.05) is 0 Å². The maximum Gasteiger partial charge on any atom is 0.249 e. The van der Waals surface area contributed by atoms with Crippen molar-refractivity contribution in [2.75, 3.05) is 6.61 Å². The van der Waals surface area contributed by atoms with Gasteiger partial charge in [-0.1, -0.05) is 231 Å². The number of carbonyl (C=O) groups is 1. The van der Waals surface area contributed by atoms with Crippen molar-refractivity contribution >= 4 is 5.91 Å². The lowest BCUT2D eigenvalue weighted by atomic mass is 10.0. The zero-order chi connectivity index (χ0) is 35.9. The van der Waals surface area contributed by atoms with Crippen LogP contribution in [0.3, 0.4) is 0 Å². The van der Waals surface area contributed by atoms with Crippen LogP contribution < -0.4 is 5.32 Å². The van der Waals surface area contributed by atoms with Crippen LogP contribution in [0.4, 0.5) is 0 Å². The van der Waals surface area contributed by atoms with Crippen molar-refractivity contribution in [3.05, 3.63) is 12.2 Å². The molecule has 0 saturated carbocycles. The fraction of sp³-hybridized carbons (Fsp3) is 0.932. The fourth-order valence-electron chi connectivity index (χ4n) is 6.89. The second-order valence-electron chi connectivity index (χ2n) is 15.3. The maximum atomic E-state index is 12.4. The maximum absolute atomic E-state index is 12.4. The van der Waals surface area contributed by atoms with Gasteiger partial charge in [-0.3, -0.25) is 4.79 Å². The van der Waals surface area contributed by atoms with Gasteiger partial charge in [0.1, 0.15) is 6.10 Å². The molecule has 0 aliphatic rings. The summed E-state index contributed by atoms with van der Waals surface area (Å²) < 4.78 is 0. The summed E-state index contributed by atoms with van der Waals surface area (Å²) in [4.78, 5) is 12.4. The summed E-state index contributed by atoms with van der Waals surface area (Å²) in [5.74, 6) is -0.500. The van der Waals surface area contributed by atoms with E-state index in [4.69, 9.17) is 0 Å². The minimum absolute atomic E-state index is 0.359. The highest BCUT2D eigenvalue weighted by Crippen LogP contribution is 2.16. The third-order valence-electron chi connectivity index (χ3n) is 10.4. The molecule has 0 spiro atoms. The van der Waals surface area contributed by atoms with Crippen LogP contribution in [-0.4, -0.2) is 46.1 Å². The Labute approximate surface area is 306 Å². The lowest BCUT2D eigenvalue weighted by Gasteiger charge is -2.21. The molecule has 3 atom stereocenters. The Hall–Kier alpha value is -0.910.